The molecule has 0 aromatic heterocycles. The van der Waals surface area contributed by atoms with Crippen molar-refractivity contribution in [1.82, 2.24) is 5.32 Å². The van der Waals surface area contributed by atoms with E-state index in [4.69, 9.17) is 0 Å². The van der Waals surface area contributed by atoms with Crippen LogP contribution >= 0.6 is 0 Å². The van der Waals surface area contributed by atoms with Crippen LogP contribution in [0.1, 0.15) is 45.6 Å². The summed E-state index contributed by atoms with van der Waals surface area (Å²) < 4.78 is 26.8. The summed E-state index contributed by atoms with van der Waals surface area (Å²) in [5.41, 5.74) is 0.782. The molecule has 0 spiro atoms. The van der Waals surface area contributed by atoms with Gasteiger partial charge >= 0.3 is 0 Å². The molecule has 0 radical (unpaired) electrons. The molecule has 0 bridgehead atoms. The molecule has 0 heterocycles. The zero-order valence-corrected chi connectivity index (χ0v) is 13.3. The Balaban J connectivity index is 2.11. The second kappa shape index (κ2) is 7.35. The van der Waals surface area contributed by atoms with E-state index >= 15 is 0 Å². The summed E-state index contributed by atoms with van der Waals surface area (Å²) >= 11 is 0. The highest BCUT2D eigenvalue weighted by Crippen LogP contribution is 2.35. The van der Waals surface area contributed by atoms with Crippen LogP contribution in [0, 0.1) is 29.4 Å². The molecular weight excluding hydrogens is 268 g/mol. The minimum Gasteiger partial charge on any atom is -0.314 e. The first-order chi connectivity index (χ1) is 9.99. The fourth-order valence-corrected chi connectivity index (χ4v) is 3.69. The zero-order chi connectivity index (χ0) is 15.4. The molecule has 1 nitrogen and oxygen atoms in total. The molecule has 0 aliphatic heterocycles. The third kappa shape index (κ3) is 4.50. The summed E-state index contributed by atoms with van der Waals surface area (Å²) in [6.07, 6.45) is 4.32. The molecule has 1 saturated carbocycles. The van der Waals surface area contributed by atoms with Gasteiger partial charge in [-0.25, -0.2) is 8.78 Å². The van der Waals surface area contributed by atoms with Gasteiger partial charge in [-0.15, -0.1) is 0 Å². The Labute approximate surface area is 127 Å². The van der Waals surface area contributed by atoms with Crippen molar-refractivity contribution in [2.75, 3.05) is 6.54 Å². The third-order valence-electron chi connectivity index (χ3n) is 4.85. The Morgan fingerprint density at radius 2 is 1.81 bits per heavy atom. The lowest BCUT2D eigenvalue weighted by Crippen LogP contribution is -2.42. The standard InChI is InChI=1S/C18H27F2N/c1-4-21-18-6-5-14(12(2)3)10-15(18)7-13-8-16(19)11-17(20)9-13/h8-9,11-12,14-15,18,21H,4-7,10H2,1-3H3. The van der Waals surface area contributed by atoms with Gasteiger partial charge in [-0.05, 0) is 67.7 Å². The number of hydrogen-bond acceptors (Lipinski definition) is 1. The number of rotatable bonds is 5. The van der Waals surface area contributed by atoms with Crippen molar-refractivity contribution in [3.63, 3.8) is 0 Å². The van der Waals surface area contributed by atoms with Gasteiger partial charge in [-0.3, -0.25) is 0 Å². The van der Waals surface area contributed by atoms with E-state index in [9.17, 15) is 8.78 Å². The first kappa shape index (κ1) is 16.4. The van der Waals surface area contributed by atoms with Crippen LogP contribution in [0.25, 0.3) is 0 Å². The molecule has 1 aliphatic carbocycles. The summed E-state index contributed by atoms with van der Waals surface area (Å²) in [6, 6.07) is 4.37. The maximum Gasteiger partial charge on any atom is 0.126 e. The maximum atomic E-state index is 13.4. The SMILES string of the molecule is CCNC1CCC(C(C)C)CC1Cc1cc(F)cc(F)c1. The van der Waals surface area contributed by atoms with Crippen LogP contribution < -0.4 is 5.32 Å². The van der Waals surface area contributed by atoms with Gasteiger partial charge < -0.3 is 5.32 Å². The van der Waals surface area contributed by atoms with Crippen LogP contribution in [0.5, 0.6) is 0 Å². The van der Waals surface area contributed by atoms with Gasteiger partial charge in [-0.2, -0.15) is 0 Å². The lowest BCUT2D eigenvalue weighted by molar-refractivity contribution is 0.168. The van der Waals surface area contributed by atoms with Crippen LogP contribution in [-0.4, -0.2) is 12.6 Å². The smallest absolute Gasteiger partial charge is 0.126 e. The largest absolute Gasteiger partial charge is 0.314 e. The van der Waals surface area contributed by atoms with E-state index in [1.54, 1.807) is 0 Å². The summed E-state index contributed by atoms with van der Waals surface area (Å²) in [7, 11) is 0. The average Bonchev–Trinajstić information content (AvgIpc) is 2.39. The van der Waals surface area contributed by atoms with Crippen molar-refractivity contribution in [3.8, 4) is 0 Å². The second-order valence-corrected chi connectivity index (χ2v) is 6.72. The zero-order valence-electron chi connectivity index (χ0n) is 13.3. The summed E-state index contributed by atoms with van der Waals surface area (Å²) in [5, 5.41) is 3.56. The molecule has 2 rings (SSSR count). The highest BCUT2D eigenvalue weighted by atomic mass is 19.1. The van der Waals surface area contributed by atoms with Crippen molar-refractivity contribution in [1.29, 1.82) is 0 Å². The van der Waals surface area contributed by atoms with Gasteiger partial charge in [0.25, 0.3) is 0 Å². The van der Waals surface area contributed by atoms with Crippen molar-refractivity contribution in [3.05, 3.63) is 35.4 Å². The summed E-state index contributed by atoms with van der Waals surface area (Å²) in [6.45, 7) is 7.62. The van der Waals surface area contributed by atoms with Gasteiger partial charge in [-0.1, -0.05) is 20.8 Å². The molecule has 118 valence electrons. The van der Waals surface area contributed by atoms with Crippen molar-refractivity contribution in [2.45, 2.75) is 52.5 Å². The van der Waals surface area contributed by atoms with E-state index in [-0.39, 0.29) is 0 Å². The fraction of sp³-hybridized carbons (Fsp3) is 0.667. The van der Waals surface area contributed by atoms with Crippen molar-refractivity contribution in [2.24, 2.45) is 17.8 Å². The van der Waals surface area contributed by atoms with Crippen molar-refractivity contribution < 1.29 is 8.78 Å². The third-order valence-corrected chi connectivity index (χ3v) is 4.85. The van der Waals surface area contributed by atoms with E-state index in [0.717, 1.165) is 36.9 Å². The molecule has 0 saturated heterocycles. The lowest BCUT2D eigenvalue weighted by Gasteiger charge is -2.38. The van der Waals surface area contributed by atoms with E-state index in [1.165, 1.54) is 25.0 Å². The Bertz CT molecular complexity index is 438. The molecule has 1 aromatic carbocycles. The van der Waals surface area contributed by atoms with Gasteiger partial charge in [0, 0.05) is 12.1 Å². The normalized spacial score (nSPS) is 26.3. The summed E-state index contributed by atoms with van der Waals surface area (Å²) in [5.74, 6) is 0.928. The second-order valence-electron chi connectivity index (χ2n) is 6.72. The molecule has 0 amide bonds. The Morgan fingerprint density at radius 1 is 1.14 bits per heavy atom. The Morgan fingerprint density at radius 3 is 2.38 bits per heavy atom. The molecule has 3 unspecified atom stereocenters. The highest BCUT2D eigenvalue weighted by Gasteiger charge is 2.31. The van der Waals surface area contributed by atoms with E-state index in [2.05, 4.69) is 26.1 Å². The van der Waals surface area contributed by atoms with E-state index < -0.39 is 11.6 Å². The quantitative estimate of drug-likeness (QED) is 0.840. The number of hydrogen-bond donors (Lipinski definition) is 1. The van der Waals surface area contributed by atoms with Crippen molar-refractivity contribution >= 4 is 0 Å². The number of nitrogens with one attached hydrogen (secondary N) is 1. The molecule has 21 heavy (non-hydrogen) atoms. The molecule has 3 atom stereocenters. The van der Waals surface area contributed by atoms with Gasteiger partial charge in [0.2, 0.25) is 0 Å². The predicted molar refractivity (Wildman–Crippen MR) is 83.2 cm³/mol. The topological polar surface area (TPSA) is 12.0 Å². The van der Waals surface area contributed by atoms with Crippen LogP contribution in [0.4, 0.5) is 8.78 Å². The highest BCUT2D eigenvalue weighted by molar-refractivity contribution is 5.19. The van der Waals surface area contributed by atoms with E-state index in [0.29, 0.717) is 17.9 Å². The molecule has 1 aliphatic rings. The molecule has 1 N–H and O–H groups in total. The first-order valence-electron chi connectivity index (χ1n) is 8.18. The van der Waals surface area contributed by atoms with Crippen LogP contribution in [-0.2, 0) is 6.42 Å². The molecule has 1 fully saturated rings. The Hall–Kier alpha value is -0.960. The fourth-order valence-electron chi connectivity index (χ4n) is 3.69. The minimum absolute atomic E-state index is 0.465. The molecular formula is C18H27F2N. The van der Waals surface area contributed by atoms with Crippen LogP contribution in [0.3, 0.4) is 0 Å². The van der Waals surface area contributed by atoms with E-state index in [1.807, 2.05) is 0 Å². The van der Waals surface area contributed by atoms with Gasteiger partial charge in [0.15, 0.2) is 0 Å². The molecule has 1 aromatic rings. The van der Waals surface area contributed by atoms with Crippen LogP contribution in [0.2, 0.25) is 0 Å². The van der Waals surface area contributed by atoms with Gasteiger partial charge in [0.1, 0.15) is 11.6 Å². The lowest BCUT2D eigenvalue weighted by atomic mass is 9.71. The van der Waals surface area contributed by atoms with Gasteiger partial charge in [0.05, 0.1) is 0 Å². The molecule has 3 heteroatoms. The number of benzene rings is 1. The monoisotopic (exact) mass is 295 g/mol. The van der Waals surface area contributed by atoms with Crippen LogP contribution in [0.15, 0.2) is 18.2 Å². The maximum absolute atomic E-state index is 13.4. The first-order valence-corrected chi connectivity index (χ1v) is 8.18. The average molecular weight is 295 g/mol. The Kier molecular flexibility index (Phi) is 5.74. The minimum atomic E-state index is -0.471. The number of halogens is 2. The predicted octanol–water partition coefficient (Wildman–Crippen LogP) is 4.56. The summed E-state index contributed by atoms with van der Waals surface area (Å²) in [4.78, 5) is 0.